The zero-order valence-corrected chi connectivity index (χ0v) is 15.6. The van der Waals surface area contributed by atoms with Crippen LogP contribution in [0.2, 0.25) is 0 Å². The SMILES string of the molecule is COc1ccc(-c2nnc(SCc3cc(OC)ccc3OC)n2N)cc1. The van der Waals surface area contributed by atoms with Crippen molar-refractivity contribution in [3.63, 3.8) is 0 Å². The van der Waals surface area contributed by atoms with Crippen molar-refractivity contribution in [2.75, 3.05) is 27.2 Å². The van der Waals surface area contributed by atoms with Crippen LogP contribution in [0.1, 0.15) is 5.56 Å². The number of nitrogens with two attached hydrogens (primary N) is 1. The van der Waals surface area contributed by atoms with E-state index in [4.69, 9.17) is 20.1 Å². The molecule has 2 aromatic carbocycles. The van der Waals surface area contributed by atoms with E-state index in [2.05, 4.69) is 10.2 Å². The Morgan fingerprint density at radius 1 is 0.923 bits per heavy atom. The van der Waals surface area contributed by atoms with E-state index >= 15 is 0 Å². The van der Waals surface area contributed by atoms with Gasteiger partial charge in [0.05, 0.1) is 21.3 Å². The number of aromatic nitrogens is 3. The van der Waals surface area contributed by atoms with Gasteiger partial charge in [0.2, 0.25) is 5.16 Å². The van der Waals surface area contributed by atoms with Gasteiger partial charge in [-0.15, -0.1) is 10.2 Å². The molecule has 26 heavy (non-hydrogen) atoms. The number of benzene rings is 2. The molecule has 2 N–H and O–H groups in total. The van der Waals surface area contributed by atoms with Crippen molar-refractivity contribution in [1.82, 2.24) is 14.9 Å². The second kappa shape index (κ2) is 8.01. The number of thioether (sulfide) groups is 1. The Kier molecular flexibility index (Phi) is 5.52. The second-order valence-corrected chi connectivity index (χ2v) is 6.31. The molecule has 3 aromatic rings. The van der Waals surface area contributed by atoms with Crippen LogP contribution in [0.15, 0.2) is 47.6 Å². The number of rotatable bonds is 7. The minimum absolute atomic E-state index is 0.591. The molecule has 0 atom stereocenters. The summed E-state index contributed by atoms with van der Waals surface area (Å²) in [6.07, 6.45) is 0. The topological polar surface area (TPSA) is 84.4 Å². The summed E-state index contributed by atoms with van der Waals surface area (Å²) in [6.45, 7) is 0. The predicted molar refractivity (Wildman–Crippen MR) is 101 cm³/mol. The van der Waals surface area contributed by atoms with Crippen molar-refractivity contribution in [3.8, 4) is 28.6 Å². The average Bonchev–Trinajstić information content (AvgIpc) is 3.06. The molecule has 3 rings (SSSR count). The standard InChI is InChI=1S/C18H20N4O3S/c1-23-14-6-4-12(5-7-14)17-20-21-18(22(17)19)26-11-13-10-15(24-2)8-9-16(13)25-3/h4-10H,11,19H2,1-3H3. The highest BCUT2D eigenvalue weighted by atomic mass is 32.2. The van der Waals surface area contributed by atoms with Gasteiger partial charge >= 0.3 is 0 Å². The summed E-state index contributed by atoms with van der Waals surface area (Å²) in [5.41, 5.74) is 1.86. The summed E-state index contributed by atoms with van der Waals surface area (Å²) in [7, 11) is 4.90. The minimum atomic E-state index is 0.591. The summed E-state index contributed by atoms with van der Waals surface area (Å²) in [5, 5.41) is 9.01. The van der Waals surface area contributed by atoms with Crippen LogP contribution in [0.5, 0.6) is 17.2 Å². The smallest absolute Gasteiger partial charge is 0.210 e. The summed E-state index contributed by atoms with van der Waals surface area (Å²) in [5.74, 6) is 9.73. The van der Waals surface area contributed by atoms with Crippen LogP contribution in [-0.4, -0.2) is 36.2 Å². The van der Waals surface area contributed by atoms with E-state index in [1.807, 2.05) is 42.5 Å². The van der Waals surface area contributed by atoms with E-state index in [0.29, 0.717) is 16.7 Å². The number of ether oxygens (including phenoxy) is 3. The van der Waals surface area contributed by atoms with Gasteiger partial charge in [0, 0.05) is 16.9 Å². The molecule has 0 radical (unpaired) electrons. The highest BCUT2D eigenvalue weighted by molar-refractivity contribution is 7.98. The molecule has 7 nitrogen and oxygen atoms in total. The third-order valence-corrected chi connectivity index (χ3v) is 4.85. The van der Waals surface area contributed by atoms with Crippen molar-refractivity contribution >= 4 is 11.8 Å². The summed E-state index contributed by atoms with van der Waals surface area (Å²) < 4.78 is 17.3. The molecule has 0 amide bonds. The molecule has 0 aliphatic rings. The van der Waals surface area contributed by atoms with Gasteiger partial charge in [-0.1, -0.05) is 11.8 Å². The van der Waals surface area contributed by atoms with Crippen molar-refractivity contribution in [3.05, 3.63) is 48.0 Å². The van der Waals surface area contributed by atoms with Gasteiger partial charge in [-0.2, -0.15) is 0 Å². The maximum atomic E-state index is 6.18. The molecule has 1 aromatic heterocycles. The van der Waals surface area contributed by atoms with E-state index in [9.17, 15) is 0 Å². The molecular formula is C18H20N4O3S. The highest BCUT2D eigenvalue weighted by Crippen LogP contribution is 2.31. The first kappa shape index (κ1) is 17.9. The Balaban J connectivity index is 1.78. The van der Waals surface area contributed by atoms with E-state index in [-0.39, 0.29) is 0 Å². The quantitative estimate of drug-likeness (QED) is 0.504. The second-order valence-electron chi connectivity index (χ2n) is 5.37. The molecular weight excluding hydrogens is 352 g/mol. The van der Waals surface area contributed by atoms with Crippen LogP contribution >= 0.6 is 11.8 Å². The fraction of sp³-hybridized carbons (Fsp3) is 0.222. The first-order valence-corrected chi connectivity index (χ1v) is 8.83. The van der Waals surface area contributed by atoms with Gasteiger partial charge in [0.15, 0.2) is 5.82 Å². The van der Waals surface area contributed by atoms with Crippen LogP contribution in [0.25, 0.3) is 11.4 Å². The fourth-order valence-electron chi connectivity index (χ4n) is 2.45. The van der Waals surface area contributed by atoms with Crippen molar-refractivity contribution in [2.45, 2.75) is 10.9 Å². The molecule has 0 unspecified atom stereocenters. The maximum Gasteiger partial charge on any atom is 0.210 e. The zero-order valence-electron chi connectivity index (χ0n) is 14.8. The molecule has 0 aliphatic heterocycles. The Bertz CT molecular complexity index is 881. The van der Waals surface area contributed by atoms with E-state index < -0.39 is 0 Å². The fourth-order valence-corrected chi connectivity index (χ4v) is 3.28. The molecule has 8 heteroatoms. The zero-order chi connectivity index (χ0) is 18.5. The minimum Gasteiger partial charge on any atom is -0.497 e. The Hall–Kier alpha value is -2.87. The maximum absolute atomic E-state index is 6.18. The molecule has 136 valence electrons. The normalized spacial score (nSPS) is 10.6. The number of nitrogen functional groups attached to an aromatic ring is 1. The summed E-state index contributed by atoms with van der Waals surface area (Å²) in [4.78, 5) is 0. The van der Waals surface area contributed by atoms with Crippen LogP contribution in [0.4, 0.5) is 0 Å². The lowest BCUT2D eigenvalue weighted by Gasteiger charge is -2.10. The van der Waals surface area contributed by atoms with Crippen molar-refractivity contribution in [1.29, 1.82) is 0 Å². The van der Waals surface area contributed by atoms with Gasteiger partial charge in [0.25, 0.3) is 0 Å². The van der Waals surface area contributed by atoms with Crippen LogP contribution < -0.4 is 20.1 Å². The van der Waals surface area contributed by atoms with Crippen LogP contribution in [-0.2, 0) is 5.75 Å². The van der Waals surface area contributed by atoms with Gasteiger partial charge in [-0.25, -0.2) is 4.68 Å². The lowest BCUT2D eigenvalue weighted by molar-refractivity contribution is 0.400. The Morgan fingerprint density at radius 2 is 1.62 bits per heavy atom. The Labute approximate surface area is 156 Å². The lowest BCUT2D eigenvalue weighted by Crippen LogP contribution is -2.11. The Morgan fingerprint density at radius 3 is 2.27 bits per heavy atom. The first-order valence-electron chi connectivity index (χ1n) is 7.85. The number of methoxy groups -OCH3 is 3. The van der Waals surface area contributed by atoms with E-state index in [1.54, 1.807) is 21.3 Å². The summed E-state index contributed by atoms with van der Waals surface area (Å²) >= 11 is 1.48. The predicted octanol–water partition coefficient (Wildman–Crippen LogP) is 2.98. The molecule has 1 heterocycles. The molecule has 0 fully saturated rings. The van der Waals surface area contributed by atoms with Gasteiger partial charge in [-0.05, 0) is 42.5 Å². The molecule has 0 spiro atoms. The van der Waals surface area contributed by atoms with E-state index in [1.165, 1.54) is 16.4 Å². The monoisotopic (exact) mass is 372 g/mol. The van der Waals surface area contributed by atoms with Gasteiger partial charge in [-0.3, -0.25) is 0 Å². The van der Waals surface area contributed by atoms with E-state index in [0.717, 1.165) is 28.4 Å². The first-order chi connectivity index (χ1) is 12.7. The molecule has 0 bridgehead atoms. The number of nitrogens with zero attached hydrogens (tertiary/aromatic N) is 3. The highest BCUT2D eigenvalue weighted by Gasteiger charge is 2.14. The molecule has 0 aliphatic carbocycles. The molecule has 0 saturated carbocycles. The van der Waals surface area contributed by atoms with Crippen molar-refractivity contribution < 1.29 is 14.2 Å². The average molecular weight is 372 g/mol. The largest absolute Gasteiger partial charge is 0.497 e. The third-order valence-electron chi connectivity index (χ3n) is 3.86. The van der Waals surface area contributed by atoms with Gasteiger partial charge < -0.3 is 20.1 Å². The number of hydrogen-bond donors (Lipinski definition) is 1. The van der Waals surface area contributed by atoms with Crippen LogP contribution in [0, 0.1) is 0 Å². The van der Waals surface area contributed by atoms with Crippen molar-refractivity contribution in [2.24, 2.45) is 0 Å². The third kappa shape index (κ3) is 3.70. The summed E-state index contributed by atoms with van der Waals surface area (Å²) in [6, 6.07) is 13.2. The number of hydrogen-bond acceptors (Lipinski definition) is 7. The van der Waals surface area contributed by atoms with Gasteiger partial charge in [0.1, 0.15) is 17.2 Å². The van der Waals surface area contributed by atoms with Crippen LogP contribution in [0.3, 0.4) is 0 Å². The lowest BCUT2D eigenvalue weighted by atomic mass is 10.2. The molecule has 0 saturated heterocycles.